The van der Waals surface area contributed by atoms with Crippen LogP contribution in [0.4, 0.5) is 9.80 Å². The molecule has 5 nitrogen and oxygen atoms in total. The van der Waals surface area contributed by atoms with Crippen molar-refractivity contribution in [3.8, 4) is 11.1 Å². The Hall–Kier alpha value is -1.92. The zero-order chi connectivity index (χ0) is 16.1. The van der Waals surface area contributed by atoms with E-state index in [1.807, 2.05) is 17.0 Å². The maximum absolute atomic E-state index is 12.6. The largest absolute Gasteiger partial charge is 0.439 e. The van der Waals surface area contributed by atoms with Crippen LogP contribution in [-0.4, -0.2) is 47.8 Å². The molecule has 4 fully saturated rings. The molecule has 0 aromatic carbocycles. The van der Waals surface area contributed by atoms with Crippen molar-refractivity contribution < 1.29 is 9.53 Å². The average molecular weight is 341 g/mol. The Morgan fingerprint density at radius 3 is 2.67 bits per heavy atom. The minimum absolute atomic E-state index is 0.188. The highest BCUT2D eigenvalue weighted by molar-refractivity contribution is 7.14. The summed E-state index contributed by atoms with van der Waals surface area (Å²) in [5.74, 6) is 0.510. The third-order valence-electron chi connectivity index (χ3n) is 5.62. The van der Waals surface area contributed by atoms with Crippen molar-refractivity contribution in [2.75, 3.05) is 31.1 Å². The van der Waals surface area contributed by atoms with Crippen LogP contribution in [0.3, 0.4) is 0 Å². The molecule has 0 N–H and O–H groups in total. The summed E-state index contributed by atoms with van der Waals surface area (Å²) in [4.78, 5) is 20.9. The lowest BCUT2D eigenvalue weighted by Crippen LogP contribution is -2.61. The van der Waals surface area contributed by atoms with Gasteiger partial charge in [0, 0.05) is 30.2 Å². The van der Waals surface area contributed by atoms with Gasteiger partial charge in [-0.25, -0.2) is 4.79 Å². The van der Waals surface area contributed by atoms with Crippen molar-refractivity contribution in [1.29, 1.82) is 0 Å². The van der Waals surface area contributed by atoms with Crippen LogP contribution in [0.25, 0.3) is 11.1 Å². The van der Waals surface area contributed by atoms with Crippen LogP contribution >= 0.6 is 11.3 Å². The Kier molecular flexibility index (Phi) is 3.18. The molecule has 6 heterocycles. The number of carbonyl (C=O) groups is 1. The van der Waals surface area contributed by atoms with Crippen LogP contribution < -0.4 is 4.90 Å². The van der Waals surface area contributed by atoms with Gasteiger partial charge in [0.15, 0.2) is 0 Å². The van der Waals surface area contributed by atoms with E-state index in [9.17, 15) is 4.79 Å². The third-order valence-corrected chi connectivity index (χ3v) is 6.58. The number of rotatable bonds is 2. The second-order valence-corrected chi connectivity index (χ2v) is 7.87. The number of nitrogens with zero attached hydrogens (tertiary/aromatic N) is 3. The number of hydrogen-bond donors (Lipinski definition) is 0. The number of anilines is 1. The van der Waals surface area contributed by atoms with E-state index in [0.29, 0.717) is 12.5 Å². The summed E-state index contributed by atoms with van der Waals surface area (Å²) in [6.07, 6.45) is 5.69. The number of aromatic nitrogens is 1. The highest BCUT2D eigenvalue weighted by Gasteiger charge is 2.55. The monoisotopic (exact) mass is 341 g/mol. The summed E-state index contributed by atoms with van der Waals surface area (Å²) in [5.41, 5.74) is 1.95. The molecule has 1 atom stereocenters. The first-order chi connectivity index (χ1) is 11.7. The van der Waals surface area contributed by atoms with Crippen molar-refractivity contribution in [2.45, 2.75) is 18.4 Å². The van der Waals surface area contributed by atoms with E-state index >= 15 is 0 Å². The molecule has 2 aromatic heterocycles. The maximum atomic E-state index is 12.6. The minimum Gasteiger partial charge on any atom is -0.439 e. The molecule has 0 unspecified atom stereocenters. The van der Waals surface area contributed by atoms with Gasteiger partial charge >= 0.3 is 6.09 Å². The van der Waals surface area contributed by atoms with Crippen LogP contribution in [0.15, 0.2) is 36.0 Å². The van der Waals surface area contributed by atoms with Gasteiger partial charge in [-0.1, -0.05) is 0 Å². The summed E-state index contributed by atoms with van der Waals surface area (Å²) in [7, 11) is 0. The molecule has 1 amide bonds. The first-order valence-electron chi connectivity index (χ1n) is 8.45. The predicted molar refractivity (Wildman–Crippen MR) is 93.3 cm³/mol. The molecule has 2 aromatic rings. The molecule has 0 radical (unpaired) electrons. The fraction of sp³-hybridized carbons (Fsp3) is 0.444. The highest BCUT2D eigenvalue weighted by Crippen LogP contribution is 2.44. The van der Waals surface area contributed by atoms with Gasteiger partial charge in [-0.2, -0.15) is 0 Å². The van der Waals surface area contributed by atoms with Crippen LogP contribution in [0, 0.1) is 5.92 Å². The molecule has 24 heavy (non-hydrogen) atoms. The molecule has 6 heteroatoms. The second kappa shape index (κ2) is 5.29. The van der Waals surface area contributed by atoms with Crippen LogP contribution in [0.5, 0.6) is 0 Å². The van der Waals surface area contributed by atoms with E-state index in [4.69, 9.17) is 4.74 Å². The van der Waals surface area contributed by atoms with Gasteiger partial charge in [0.1, 0.15) is 10.6 Å². The number of fused-ring (bicyclic) bond motifs is 2. The van der Waals surface area contributed by atoms with Gasteiger partial charge < -0.3 is 4.74 Å². The molecule has 4 saturated heterocycles. The number of amides is 1. The van der Waals surface area contributed by atoms with Crippen molar-refractivity contribution in [3.05, 3.63) is 36.0 Å². The fourth-order valence-corrected chi connectivity index (χ4v) is 5.26. The van der Waals surface area contributed by atoms with Crippen molar-refractivity contribution in [2.24, 2.45) is 5.92 Å². The van der Waals surface area contributed by atoms with E-state index in [2.05, 4.69) is 21.3 Å². The zero-order valence-electron chi connectivity index (χ0n) is 13.4. The van der Waals surface area contributed by atoms with E-state index in [1.54, 1.807) is 23.7 Å². The molecule has 2 bridgehead atoms. The van der Waals surface area contributed by atoms with Gasteiger partial charge in [0.2, 0.25) is 0 Å². The van der Waals surface area contributed by atoms with Crippen LogP contribution in [0.1, 0.15) is 12.8 Å². The van der Waals surface area contributed by atoms with Gasteiger partial charge in [0.05, 0.1) is 6.54 Å². The zero-order valence-corrected chi connectivity index (χ0v) is 14.2. The van der Waals surface area contributed by atoms with Gasteiger partial charge in [-0.15, -0.1) is 11.3 Å². The Morgan fingerprint density at radius 1 is 1.17 bits per heavy atom. The first-order valence-corrected chi connectivity index (χ1v) is 9.33. The van der Waals surface area contributed by atoms with Crippen LogP contribution in [-0.2, 0) is 4.74 Å². The molecule has 4 aliphatic heterocycles. The molecular weight excluding hydrogens is 322 g/mol. The topological polar surface area (TPSA) is 45.7 Å². The maximum Gasteiger partial charge on any atom is 0.415 e. The van der Waals surface area contributed by atoms with E-state index in [1.165, 1.54) is 0 Å². The van der Waals surface area contributed by atoms with E-state index in [0.717, 1.165) is 48.6 Å². The van der Waals surface area contributed by atoms with Crippen LogP contribution in [0.2, 0.25) is 0 Å². The van der Waals surface area contributed by atoms with E-state index < -0.39 is 0 Å². The number of hydrogen-bond acceptors (Lipinski definition) is 5. The summed E-state index contributed by atoms with van der Waals surface area (Å²) < 4.78 is 5.95. The Bertz CT molecular complexity index is 770. The van der Waals surface area contributed by atoms with E-state index in [-0.39, 0.29) is 11.7 Å². The van der Waals surface area contributed by atoms with Crippen molar-refractivity contribution >= 4 is 22.4 Å². The standard InChI is InChI=1S/C18H19N3O2S/c22-17-21(12-18(23-17)11-20-7-3-15(18)4-8-20)16-9-14(10-24-16)13-1-5-19-6-2-13/h1-2,5-6,9-10,15H,3-4,7-8,11-12H2/t18-/m1/s1. The molecule has 124 valence electrons. The Balaban J connectivity index is 1.42. The highest BCUT2D eigenvalue weighted by atomic mass is 32.1. The third kappa shape index (κ3) is 2.17. The molecule has 4 aliphatic rings. The van der Waals surface area contributed by atoms with Gasteiger partial charge in [-0.3, -0.25) is 14.8 Å². The first kappa shape index (κ1) is 14.4. The number of piperidine rings is 3. The summed E-state index contributed by atoms with van der Waals surface area (Å²) in [5, 5.41) is 3.07. The number of pyridine rings is 1. The second-order valence-electron chi connectivity index (χ2n) is 6.98. The summed E-state index contributed by atoms with van der Waals surface area (Å²) in [6, 6.07) is 6.06. The number of ether oxygens (including phenoxy) is 1. The van der Waals surface area contributed by atoms with Crippen molar-refractivity contribution in [1.82, 2.24) is 9.88 Å². The Labute approximate surface area is 144 Å². The minimum atomic E-state index is -0.297. The normalized spacial score (nSPS) is 31.7. The van der Waals surface area contributed by atoms with Gasteiger partial charge in [-0.05, 0) is 55.3 Å². The smallest absolute Gasteiger partial charge is 0.415 e. The fourth-order valence-electron chi connectivity index (χ4n) is 4.34. The lowest BCUT2D eigenvalue weighted by atomic mass is 9.75. The Morgan fingerprint density at radius 2 is 1.96 bits per heavy atom. The molecule has 6 rings (SSSR count). The van der Waals surface area contributed by atoms with Crippen molar-refractivity contribution in [3.63, 3.8) is 0 Å². The molecule has 0 aliphatic carbocycles. The lowest BCUT2D eigenvalue weighted by molar-refractivity contribution is -0.0881. The number of thiophene rings is 1. The molecule has 0 saturated carbocycles. The molecular formula is C18H19N3O2S. The predicted octanol–water partition coefficient (Wildman–Crippen LogP) is 3.23. The molecule has 1 spiro atoms. The average Bonchev–Trinajstić information content (AvgIpc) is 3.22. The summed E-state index contributed by atoms with van der Waals surface area (Å²) in [6.45, 7) is 3.87. The number of carbonyl (C=O) groups excluding carboxylic acids is 1. The summed E-state index contributed by atoms with van der Waals surface area (Å²) >= 11 is 1.60. The lowest BCUT2D eigenvalue weighted by Gasteiger charge is -2.49. The van der Waals surface area contributed by atoms with Gasteiger partial charge in [0.25, 0.3) is 0 Å². The quantitative estimate of drug-likeness (QED) is 0.841. The SMILES string of the molecule is O=C1O[C@]2(CN3CCC2CC3)CN1c1cc(-c2ccncc2)cs1.